The van der Waals surface area contributed by atoms with Crippen LogP contribution >= 0.6 is 0 Å². The fourth-order valence-electron chi connectivity index (χ4n) is 3.79. The van der Waals surface area contributed by atoms with Gasteiger partial charge in [0.15, 0.2) is 0 Å². The van der Waals surface area contributed by atoms with E-state index in [2.05, 4.69) is 70.5 Å². The summed E-state index contributed by atoms with van der Waals surface area (Å²) in [6, 6.07) is 6.94. The Balaban J connectivity index is 2.20. The quantitative estimate of drug-likeness (QED) is 0.521. The molecule has 0 amide bonds. The van der Waals surface area contributed by atoms with Gasteiger partial charge in [-0.1, -0.05) is 27.7 Å². The predicted octanol–water partition coefficient (Wildman–Crippen LogP) is 6.21. The van der Waals surface area contributed by atoms with Gasteiger partial charge < -0.3 is 9.30 Å². The van der Waals surface area contributed by atoms with Gasteiger partial charge in [-0.15, -0.1) is 0 Å². The number of aromatic nitrogens is 3. The van der Waals surface area contributed by atoms with Crippen molar-refractivity contribution in [2.24, 2.45) is 0 Å². The molecule has 0 atom stereocenters. The van der Waals surface area contributed by atoms with Crippen molar-refractivity contribution in [1.82, 2.24) is 14.5 Å². The molecule has 0 spiro atoms. The molecular formula is C23H31N3O. The molecule has 0 radical (unpaired) electrons. The van der Waals surface area contributed by atoms with Crippen molar-refractivity contribution in [3.05, 3.63) is 41.2 Å². The minimum atomic E-state index is 0.362. The largest absolute Gasteiger partial charge is 0.480 e. The molecule has 3 rings (SSSR count). The first kappa shape index (κ1) is 19.4. The topological polar surface area (TPSA) is 39.9 Å². The standard InChI is InChI=1S/C23H31N3O/c1-8-17(9-2)26-13-16(6)22-20(26)12-15(5)21(25-22)18-10-11-19(14(3)4)24-23(18)27-7/h10-14,17H,8-9H2,1-7H3. The van der Waals surface area contributed by atoms with Crippen LogP contribution < -0.4 is 4.74 Å². The van der Waals surface area contributed by atoms with Gasteiger partial charge in [-0.05, 0) is 61.9 Å². The van der Waals surface area contributed by atoms with Gasteiger partial charge in [-0.2, -0.15) is 0 Å². The van der Waals surface area contributed by atoms with Crippen LogP contribution in [0.15, 0.2) is 24.4 Å². The van der Waals surface area contributed by atoms with Crippen molar-refractivity contribution >= 4 is 11.0 Å². The summed E-state index contributed by atoms with van der Waals surface area (Å²) in [5.41, 5.74) is 7.58. The molecule has 0 fully saturated rings. The minimum Gasteiger partial charge on any atom is -0.480 e. The minimum absolute atomic E-state index is 0.362. The first-order valence-electron chi connectivity index (χ1n) is 9.95. The van der Waals surface area contributed by atoms with Gasteiger partial charge >= 0.3 is 0 Å². The zero-order chi connectivity index (χ0) is 19.7. The van der Waals surface area contributed by atoms with Crippen molar-refractivity contribution < 1.29 is 4.74 Å². The summed E-state index contributed by atoms with van der Waals surface area (Å²) in [4.78, 5) is 9.76. The molecule has 0 aliphatic rings. The average molecular weight is 366 g/mol. The molecule has 0 aliphatic carbocycles. The van der Waals surface area contributed by atoms with Gasteiger partial charge in [0.25, 0.3) is 0 Å². The number of methoxy groups -OCH3 is 1. The third-order valence-corrected chi connectivity index (χ3v) is 5.44. The monoisotopic (exact) mass is 365 g/mol. The van der Waals surface area contributed by atoms with E-state index in [0.29, 0.717) is 17.8 Å². The molecule has 144 valence electrons. The Labute approximate surface area is 162 Å². The van der Waals surface area contributed by atoms with Gasteiger partial charge in [0.2, 0.25) is 5.88 Å². The SMILES string of the molecule is CCC(CC)n1cc(C)c2nc(-c3ccc(C(C)C)nc3OC)c(C)cc21. The Morgan fingerprint density at radius 3 is 2.33 bits per heavy atom. The second-order valence-electron chi connectivity index (χ2n) is 7.66. The summed E-state index contributed by atoms with van der Waals surface area (Å²) in [6.45, 7) is 13.0. The molecule has 4 nitrogen and oxygen atoms in total. The molecule has 3 aromatic heterocycles. The van der Waals surface area contributed by atoms with Crippen molar-refractivity contribution in [3.63, 3.8) is 0 Å². The maximum absolute atomic E-state index is 5.61. The van der Waals surface area contributed by atoms with Gasteiger partial charge in [0.1, 0.15) is 0 Å². The smallest absolute Gasteiger partial charge is 0.222 e. The molecule has 27 heavy (non-hydrogen) atoms. The lowest BCUT2D eigenvalue weighted by Crippen LogP contribution is -2.06. The van der Waals surface area contributed by atoms with E-state index in [0.717, 1.165) is 40.9 Å². The van der Waals surface area contributed by atoms with Crippen molar-refractivity contribution in [2.45, 2.75) is 66.3 Å². The lowest BCUT2D eigenvalue weighted by Gasteiger charge is -2.17. The van der Waals surface area contributed by atoms with E-state index in [1.807, 2.05) is 0 Å². The fraction of sp³-hybridized carbons (Fsp3) is 0.478. The van der Waals surface area contributed by atoms with Crippen molar-refractivity contribution in [2.75, 3.05) is 7.11 Å². The van der Waals surface area contributed by atoms with Crippen LogP contribution in [0.4, 0.5) is 0 Å². The highest BCUT2D eigenvalue weighted by Crippen LogP contribution is 2.35. The van der Waals surface area contributed by atoms with E-state index in [9.17, 15) is 0 Å². The number of ether oxygens (including phenoxy) is 1. The third kappa shape index (κ3) is 3.45. The van der Waals surface area contributed by atoms with Gasteiger partial charge in [0, 0.05) is 17.9 Å². The Morgan fingerprint density at radius 1 is 1.04 bits per heavy atom. The summed E-state index contributed by atoms with van der Waals surface area (Å²) in [6.07, 6.45) is 4.49. The Hall–Kier alpha value is -2.36. The van der Waals surface area contributed by atoms with Gasteiger partial charge in [-0.3, -0.25) is 0 Å². The van der Waals surface area contributed by atoms with Crippen LogP contribution in [-0.4, -0.2) is 21.6 Å². The molecule has 0 N–H and O–H groups in total. The zero-order valence-corrected chi connectivity index (χ0v) is 17.6. The Kier molecular flexibility index (Phi) is 5.54. The maximum Gasteiger partial charge on any atom is 0.222 e. The highest BCUT2D eigenvalue weighted by Gasteiger charge is 2.18. The van der Waals surface area contributed by atoms with Crippen LogP contribution in [0.3, 0.4) is 0 Å². The Bertz CT molecular complexity index is 952. The van der Waals surface area contributed by atoms with Crippen LogP contribution in [0.2, 0.25) is 0 Å². The van der Waals surface area contributed by atoms with Crippen molar-refractivity contribution in [3.8, 4) is 17.1 Å². The first-order chi connectivity index (χ1) is 12.9. The molecule has 0 aliphatic heterocycles. The summed E-state index contributed by atoms with van der Waals surface area (Å²) in [5, 5.41) is 0. The van der Waals surface area contributed by atoms with Crippen molar-refractivity contribution in [1.29, 1.82) is 0 Å². The Morgan fingerprint density at radius 2 is 1.74 bits per heavy atom. The highest BCUT2D eigenvalue weighted by molar-refractivity contribution is 5.85. The van der Waals surface area contributed by atoms with E-state index in [1.165, 1.54) is 11.1 Å². The molecule has 0 saturated carbocycles. The molecule has 3 aromatic rings. The average Bonchev–Trinajstić information content (AvgIpc) is 2.97. The maximum atomic E-state index is 5.61. The van der Waals surface area contributed by atoms with Gasteiger partial charge in [-0.25, -0.2) is 9.97 Å². The normalized spacial score (nSPS) is 11.7. The number of rotatable bonds is 6. The molecule has 3 heterocycles. The third-order valence-electron chi connectivity index (χ3n) is 5.44. The highest BCUT2D eigenvalue weighted by atomic mass is 16.5. The second-order valence-corrected chi connectivity index (χ2v) is 7.66. The number of nitrogens with zero attached hydrogens (tertiary/aromatic N) is 3. The number of aryl methyl sites for hydroxylation is 2. The molecule has 0 saturated heterocycles. The van der Waals surface area contributed by atoms with E-state index in [-0.39, 0.29) is 0 Å². The molecule has 0 unspecified atom stereocenters. The predicted molar refractivity (Wildman–Crippen MR) is 113 cm³/mol. The van der Waals surface area contributed by atoms with Crippen LogP contribution in [0, 0.1) is 13.8 Å². The lowest BCUT2D eigenvalue weighted by molar-refractivity contribution is 0.397. The van der Waals surface area contributed by atoms with Gasteiger partial charge in [0.05, 0.1) is 29.4 Å². The molecule has 0 bridgehead atoms. The summed E-state index contributed by atoms with van der Waals surface area (Å²) < 4.78 is 8.00. The van der Waals surface area contributed by atoms with Crippen LogP contribution in [0.25, 0.3) is 22.3 Å². The summed E-state index contributed by atoms with van der Waals surface area (Å²) in [7, 11) is 1.68. The molecule has 4 heteroatoms. The van der Waals surface area contributed by atoms with Crippen LogP contribution in [0.5, 0.6) is 5.88 Å². The van der Waals surface area contributed by atoms with E-state index in [4.69, 9.17) is 14.7 Å². The zero-order valence-electron chi connectivity index (χ0n) is 17.6. The van der Waals surface area contributed by atoms with E-state index in [1.54, 1.807) is 7.11 Å². The first-order valence-corrected chi connectivity index (χ1v) is 9.95. The van der Waals surface area contributed by atoms with E-state index < -0.39 is 0 Å². The molecule has 0 aromatic carbocycles. The number of pyridine rings is 2. The number of fused-ring (bicyclic) bond motifs is 1. The van der Waals surface area contributed by atoms with Crippen LogP contribution in [0.1, 0.15) is 69.3 Å². The lowest BCUT2D eigenvalue weighted by atomic mass is 10.0. The second kappa shape index (κ2) is 7.71. The fourth-order valence-corrected chi connectivity index (χ4v) is 3.79. The summed E-state index contributed by atoms with van der Waals surface area (Å²) >= 11 is 0. The summed E-state index contributed by atoms with van der Waals surface area (Å²) in [5.74, 6) is 1.01. The van der Waals surface area contributed by atoms with E-state index >= 15 is 0 Å². The molecular weight excluding hydrogens is 334 g/mol. The number of hydrogen-bond donors (Lipinski definition) is 0. The number of hydrogen-bond acceptors (Lipinski definition) is 3. The van der Waals surface area contributed by atoms with Crippen LogP contribution in [-0.2, 0) is 0 Å².